The van der Waals surface area contributed by atoms with Crippen molar-refractivity contribution in [1.82, 2.24) is 15.1 Å². The van der Waals surface area contributed by atoms with Crippen molar-refractivity contribution in [1.29, 1.82) is 0 Å². The van der Waals surface area contributed by atoms with Crippen LogP contribution in [0.4, 0.5) is 35.5 Å². The highest BCUT2D eigenvalue weighted by atomic mass is 19.4. The van der Waals surface area contributed by atoms with E-state index in [9.17, 15) is 40.3 Å². The van der Waals surface area contributed by atoms with E-state index < -0.39 is 53.3 Å². The van der Waals surface area contributed by atoms with Crippen LogP contribution in [0.5, 0.6) is 0 Å². The number of hydrogen-bond donors (Lipinski definition) is 2. The topological polar surface area (TPSA) is 72.9 Å². The van der Waals surface area contributed by atoms with Crippen LogP contribution >= 0.6 is 0 Å². The molecule has 220 valence electrons. The zero-order chi connectivity index (χ0) is 30.0. The molecule has 13 heteroatoms. The Morgan fingerprint density at radius 2 is 1.68 bits per heavy atom. The standard InChI is InChI=1S/C27H30F7N3O3/c1-15-10-21(28)4-5-22(15)23-13-17(24(39)35-7-9-38)6-8-37(23)25(40)36(3)16(2)18-11-19(26(29,30)31)14-20(12-18)27(32,33)34/h4-5,10-12,14,16-17,23,38H,6-9,13H2,1-3H3,(H,35,39)/t16-,17+,23-/m0/s1. The second-order valence-corrected chi connectivity index (χ2v) is 9.85. The summed E-state index contributed by atoms with van der Waals surface area (Å²) in [5.41, 5.74) is -2.28. The summed E-state index contributed by atoms with van der Waals surface area (Å²) in [7, 11) is 1.27. The number of carbonyl (C=O) groups is 2. The molecule has 0 aromatic heterocycles. The number of amides is 3. The molecule has 3 atom stereocenters. The van der Waals surface area contributed by atoms with E-state index in [2.05, 4.69) is 5.32 Å². The highest BCUT2D eigenvalue weighted by Gasteiger charge is 2.40. The first-order valence-corrected chi connectivity index (χ1v) is 12.5. The molecule has 0 aliphatic carbocycles. The van der Waals surface area contributed by atoms with E-state index >= 15 is 0 Å². The predicted octanol–water partition coefficient (Wildman–Crippen LogP) is 5.85. The van der Waals surface area contributed by atoms with Gasteiger partial charge in [-0.1, -0.05) is 6.07 Å². The fourth-order valence-electron chi connectivity index (χ4n) is 4.88. The third-order valence-electron chi connectivity index (χ3n) is 7.20. The molecule has 0 unspecified atom stereocenters. The van der Waals surface area contributed by atoms with Gasteiger partial charge in [0.05, 0.1) is 29.8 Å². The predicted molar refractivity (Wildman–Crippen MR) is 131 cm³/mol. The number of aryl methyl sites for hydroxylation is 1. The maximum Gasteiger partial charge on any atom is 0.416 e. The minimum absolute atomic E-state index is 0.0258. The lowest BCUT2D eigenvalue weighted by Gasteiger charge is -2.42. The quantitative estimate of drug-likeness (QED) is 0.424. The molecule has 0 radical (unpaired) electrons. The molecule has 1 aliphatic heterocycles. The molecular formula is C27H30F7N3O3. The SMILES string of the molecule is Cc1cc(F)ccc1[C@@H]1C[C@H](C(=O)NCCO)CCN1C(=O)N(C)[C@@H](C)c1cc(C(F)(F)F)cc(C(F)(F)F)c1. The largest absolute Gasteiger partial charge is 0.416 e. The van der Waals surface area contributed by atoms with Gasteiger partial charge in [-0.3, -0.25) is 4.79 Å². The Kier molecular flexibility index (Phi) is 9.38. The second-order valence-electron chi connectivity index (χ2n) is 9.85. The first kappa shape index (κ1) is 31.2. The zero-order valence-electron chi connectivity index (χ0n) is 22.0. The third kappa shape index (κ3) is 7.04. The Labute approximate surface area is 226 Å². The normalized spacial score (nSPS) is 18.8. The maximum absolute atomic E-state index is 13.8. The Bertz CT molecular complexity index is 1200. The van der Waals surface area contributed by atoms with Crippen LogP contribution in [0, 0.1) is 18.7 Å². The molecule has 0 bridgehead atoms. The summed E-state index contributed by atoms with van der Waals surface area (Å²) in [5.74, 6) is -1.40. The molecule has 1 fully saturated rings. The average molecular weight is 578 g/mol. The highest BCUT2D eigenvalue weighted by Crippen LogP contribution is 2.40. The molecule has 2 aromatic rings. The van der Waals surface area contributed by atoms with Gasteiger partial charge in [-0.05, 0) is 73.7 Å². The molecule has 40 heavy (non-hydrogen) atoms. The smallest absolute Gasteiger partial charge is 0.395 e. The van der Waals surface area contributed by atoms with E-state index in [1.54, 1.807) is 6.92 Å². The number of alkyl halides is 6. The van der Waals surface area contributed by atoms with E-state index in [4.69, 9.17) is 5.11 Å². The minimum atomic E-state index is -5.04. The van der Waals surface area contributed by atoms with Gasteiger partial charge in [0, 0.05) is 26.1 Å². The van der Waals surface area contributed by atoms with Crippen LogP contribution in [-0.2, 0) is 17.1 Å². The van der Waals surface area contributed by atoms with Crippen LogP contribution in [0.15, 0.2) is 36.4 Å². The van der Waals surface area contributed by atoms with Crippen molar-refractivity contribution < 1.29 is 45.4 Å². The van der Waals surface area contributed by atoms with Crippen LogP contribution in [0.25, 0.3) is 0 Å². The Morgan fingerprint density at radius 3 is 2.20 bits per heavy atom. The van der Waals surface area contributed by atoms with E-state index in [0.717, 1.165) is 4.90 Å². The molecule has 1 saturated heterocycles. The number of aliphatic hydroxyl groups excluding tert-OH is 1. The lowest BCUT2D eigenvalue weighted by Crippen LogP contribution is -2.49. The first-order chi connectivity index (χ1) is 18.5. The van der Waals surface area contributed by atoms with E-state index in [1.807, 2.05) is 0 Å². The van der Waals surface area contributed by atoms with Crippen molar-refractivity contribution in [3.8, 4) is 0 Å². The molecule has 2 aromatic carbocycles. The van der Waals surface area contributed by atoms with Gasteiger partial charge in [-0.25, -0.2) is 9.18 Å². The van der Waals surface area contributed by atoms with Crippen LogP contribution in [-0.4, -0.2) is 53.6 Å². The number of nitrogens with one attached hydrogen (secondary N) is 1. The summed E-state index contributed by atoms with van der Waals surface area (Å²) in [6, 6.07) is 2.56. The monoisotopic (exact) mass is 577 g/mol. The summed E-state index contributed by atoms with van der Waals surface area (Å²) in [4.78, 5) is 28.8. The Morgan fingerprint density at radius 1 is 1.07 bits per heavy atom. The van der Waals surface area contributed by atoms with Crippen molar-refractivity contribution >= 4 is 11.9 Å². The molecule has 1 heterocycles. The van der Waals surface area contributed by atoms with Gasteiger partial charge in [0.25, 0.3) is 0 Å². The molecule has 3 amide bonds. The van der Waals surface area contributed by atoms with Gasteiger partial charge >= 0.3 is 18.4 Å². The summed E-state index contributed by atoms with van der Waals surface area (Å²) in [6.07, 6.45) is -9.72. The molecule has 1 aliphatic rings. The van der Waals surface area contributed by atoms with Crippen LogP contribution < -0.4 is 5.32 Å². The number of halogens is 7. The summed E-state index contributed by atoms with van der Waals surface area (Å²) >= 11 is 0. The maximum atomic E-state index is 13.8. The molecule has 6 nitrogen and oxygen atoms in total. The number of benzene rings is 2. The zero-order valence-corrected chi connectivity index (χ0v) is 22.0. The van der Waals surface area contributed by atoms with Crippen LogP contribution in [0.3, 0.4) is 0 Å². The number of urea groups is 1. The van der Waals surface area contributed by atoms with Gasteiger partial charge in [-0.15, -0.1) is 0 Å². The lowest BCUT2D eigenvalue weighted by atomic mass is 9.85. The van der Waals surface area contributed by atoms with Gasteiger partial charge < -0.3 is 20.2 Å². The highest BCUT2D eigenvalue weighted by molar-refractivity contribution is 5.80. The van der Waals surface area contributed by atoms with Crippen molar-refractivity contribution in [3.05, 3.63) is 70.0 Å². The summed E-state index contributed by atoms with van der Waals surface area (Å²) in [5, 5.41) is 11.6. The van der Waals surface area contributed by atoms with E-state index in [-0.39, 0.29) is 50.1 Å². The second kappa shape index (κ2) is 12.0. The van der Waals surface area contributed by atoms with Crippen molar-refractivity contribution in [2.24, 2.45) is 5.92 Å². The number of carbonyl (C=O) groups excluding carboxylic acids is 2. The molecule has 2 N–H and O–H groups in total. The minimum Gasteiger partial charge on any atom is -0.395 e. The third-order valence-corrected chi connectivity index (χ3v) is 7.20. The van der Waals surface area contributed by atoms with Crippen molar-refractivity contribution in [2.75, 3.05) is 26.7 Å². The van der Waals surface area contributed by atoms with Crippen LogP contribution in [0.1, 0.15) is 59.7 Å². The van der Waals surface area contributed by atoms with Gasteiger partial charge in [0.1, 0.15) is 5.82 Å². The number of nitrogens with zero attached hydrogens (tertiary/aromatic N) is 2. The summed E-state index contributed by atoms with van der Waals surface area (Å²) < 4.78 is 94.3. The van der Waals surface area contributed by atoms with Gasteiger partial charge in [0.15, 0.2) is 0 Å². The fourth-order valence-corrected chi connectivity index (χ4v) is 4.88. The van der Waals surface area contributed by atoms with Crippen molar-refractivity contribution in [3.63, 3.8) is 0 Å². The Balaban J connectivity index is 1.96. The van der Waals surface area contributed by atoms with Gasteiger partial charge in [0.2, 0.25) is 5.91 Å². The van der Waals surface area contributed by atoms with E-state index in [0.29, 0.717) is 23.3 Å². The van der Waals surface area contributed by atoms with Crippen molar-refractivity contribution in [2.45, 2.75) is 51.1 Å². The number of aliphatic hydroxyl groups is 1. The number of rotatable bonds is 6. The number of hydrogen-bond acceptors (Lipinski definition) is 3. The Hall–Kier alpha value is -3.35. The fraction of sp³-hybridized carbons (Fsp3) is 0.481. The number of piperidine rings is 1. The lowest BCUT2D eigenvalue weighted by molar-refractivity contribution is -0.143. The molecule has 0 spiro atoms. The molecular weight excluding hydrogens is 547 g/mol. The van der Waals surface area contributed by atoms with Crippen LogP contribution in [0.2, 0.25) is 0 Å². The molecule has 0 saturated carbocycles. The average Bonchev–Trinajstić information content (AvgIpc) is 2.89. The molecule has 3 rings (SSSR count). The van der Waals surface area contributed by atoms with Gasteiger partial charge in [-0.2, -0.15) is 26.3 Å². The van der Waals surface area contributed by atoms with E-state index in [1.165, 1.54) is 37.1 Å². The summed E-state index contributed by atoms with van der Waals surface area (Å²) in [6.45, 7) is 2.77. The first-order valence-electron chi connectivity index (χ1n) is 12.5. The number of likely N-dealkylation sites (tertiary alicyclic amines) is 1.